The molecule has 0 N–H and O–H groups in total. The van der Waals surface area contributed by atoms with Gasteiger partial charge in [0.05, 0.1) is 17.9 Å². The Labute approximate surface area is 185 Å². The maximum atomic E-state index is 13.6. The predicted octanol–water partition coefficient (Wildman–Crippen LogP) is 4.10. The maximum absolute atomic E-state index is 13.6. The van der Waals surface area contributed by atoms with E-state index in [2.05, 4.69) is 23.1 Å². The number of carbonyl (C=O) groups is 1. The highest BCUT2D eigenvalue weighted by Gasteiger charge is 2.36. The van der Waals surface area contributed by atoms with Gasteiger partial charge in [-0.3, -0.25) is 19.4 Å². The van der Waals surface area contributed by atoms with E-state index in [0.29, 0.717) is 18.4 Å². The van der Waals surface area contributed by atoms with Crippen molar-refractivity contribution >= 4 is 29.0 Å². The fraction of sp³-hybridized carbons (Fsp3) is 0.280. The van der Waals surface area contributed by atoms with Crippen LogP contribution in [-0.4, -0.2) is 35.0 Å². The molecule has 1 amide bonds. The van der Waals surface area contributed by atoms with Crippen molar-refractivity contribution in [2.75, 3.05) is 24.5 Å². The largest absolute Gasteiger partial charge is 0.312 e. The van der Waals surface area contributed by atoms with Crippen molar-refractivity contribution in [3.63, 3.8) is 0 Å². The van der Waals surface area contributed by atoms with Crippen LogP contribution in [0.3, 0.4) is 0 Å². The smallest absolute Gasteiger partial charge is 0.250 e. The SMILES string of the molecule is O=C(CN1C[C@@H]2C[C@H](C1)c1cccc(=O)n1C2)N1c2ccccc2Sc2ccccc21. The molecule has 6 rings (SSSR count). The molecule has 4 heterocycles. The standard InChI is InChI=1S/C25H23N3O2S/c29-24-11-5-8-19-18-12-17(14-27(19)24)13-26(15-18)16-25(30)28-20-6-1-3-9-22(20)31-23-10-4-2-7-21(23)28/h1-11,17-18H,12-16H2/t17-,18+/m0/s1. The number of fused-ring (bicyclic) bond motifs is 6. The molecule has 31 heavy (non-hydrogen) atoms. The predicted molar refractivity (Wildman–Crippen MR) is 122 cm³/mol. The molecule has 3 aromatic rings. The van der Waals surface area contributed by atoms with Gasteiger partial charge in [-0.05, 0) is 42.7 Å². The van der Waals surface area contributed by atoms with Crippen LogP contribution in [0.1, 0.15) is 18.0 Å². The molecule has 0 unspecified atom stereocenters. The number of para-hydroxylation sites is 2. The molecule has 1 aromatic heterocycles. The average Bonchev–Trinajstić information content (AvgIpc) is 2.78. The van der Waals surface area contributed by atoms with Crippen molar-refractivity contribution in [2.45, 2.75) is 28.7 Å². The van der Waals surface area contributed by atoms with Gasteiger partial charge in [0.2, 0.25) is 5.91 Å². The summed E-state index contributed by atoms with van der Waals surface area (Å²) >= 11 is 1.72. The highest BCUT2D eigenvalue weighted by Crippen LogP contribution is 2.48. The van der Waals surface area contributed by atoms with E-state index in [9.17, 15) is 9.59 Å². The van der Waals surface area contributed by atoms with E-state index in [4.69, 9.17) is 0 Å². The number of likely N-dealkylation sites (tertiary alicyclic amines) is 1. The van der Waals surface area contributed by atoms with Crippen molar-refractivity contribution < 1.29 is 4.79 Å². The monoisotopic (exact) mass is 429 g/mol. The first-order valence-electron chi connectivity index (χ1n) is 10.8. The van der Waals surface area contributed by atoms with Crippen LogP contribution in [0, 0.1) is 5.92 Å². The maximum Gasteiger partial charge on any atom is 0.250 e. The van der Waals surface area contributed by atoms with E-state index in [0.717, 1.165) is 52.9 Å². The minimum absolute atomic E-state index is 0.0933. The zero-order chi connectivity index (χ0) is 20.9. The van der Waals surface area contributed by atoms with Crippen LogP contribution in [0.15, 0.2) is 81.3 Å². The summed E-state index contributed by atoms with van der Waals surface area (Å²) in [5.41, 5.74) is 3.14. The third-order valence-corrected chi connectivity index (χ3v) is 7.73. The topological polar surface area (TPSA) is 45.6 Å². The molecule has 3 aliphatic heterocycles. The van der Waals surface area contributed by atoms with Crippen molar-refractivity contribution in [3.05, 3.63) is 82.8 Å². The van der Waals surface area contributed by atoms with Crippen LogP contribution in [0.2, 0.25) is 0 Å². The molecule has 6 heteroatoms. The summed E-state index contributed by atoms with van der Waals surface area (Å²) in [6.45, 7) is 2.81. The van der Waals surface area contributed by atoms with Crippen LogP contribution >= 0.6 is 11.8 Å². The highest BCUT2D eigenvalue weighted by molar-refractivity contribution is 7.99. The van der Waals surface area contributed by atoms with Crippen LogP contribution in [-0.2, 0) is 11.3 Å². The number of amides is 1. The lowest BCUT2D eigenvalue weighted by atomic mass is 9.83. The Morgan fingerprint density at radius 3 is 2.32 bits per heavy atom. The number of piperidine rings is 1. The fourth-order valence-electron chi connectivity index (χ4n) is 5.36. The summed E-state index contributed by atoms with van der Waals surface area (Å²) in [5.74, 6) is 0.826. The van der Waals surface area contributed by atoms with Gasteiger partial charge in [-0.25, -0.2) is 0 Å². The van der Waals surface area contributed by atoms with Gasteiger partial charge in [-0.2, -0.15) is 0 Å². The quantitative estimate of drug-likeness (QED) is 0.615. The molecular formula is C25H23N3O2S. The Morgan fingerprint density at radius 2 is 1.58 bits per heavy atom. The van der Waals surface area contributed by atoms with Crippen LogP contribution in [0.25, 0.3) is 0 Å². The number of hydrogen-bond donors (Lipinski definition) is 0. The Kier molecular flexibility index (Phi) is 4.51. The normalized spacial score (nSPS) is 21.7. The van der Waals surface area contributed by atoms with Gasteiger partial charge < -0.3 is 4.57 Å². The molecule has 156 valence electrons. The van der Waals surface area contributed by atoms with E-state index in [-0.39, 0.29) is 11.5 Å². The first-order valence-corrected chi connectivity index (χ1v) is 11.6. The van der Waals surface area contributed by atoms with Crippen molar-refractivity contribution in [1.82, 2.24) is 9.47 Å². The highest BCUT2D eigenvalue weighted by atomic mass is 32.2. The van der Waals surface area contributed by atoms with Crippen molar-refractivity contribution in [1.29, 1.82) is 0 Å². The number of rotatable bonds is 2. The van der Waals surface area contributed by atoms with Gasteiger partial charge in [0.1, 0.15) is 0 Å². The average molecular weight is 430 g/mol. The Hall–Kier alpha value is -2.83. The number of aromatic nitrogens is 1. The minimum Gasteiger partial charge on any atom is -0.312 e. The third-order valence-electron chi connectivity index (χ3n) is 6.60. The summed E-state index contributed by atoms with van der Waals surface area (Å²) in [6, 6.07) is 21.8. The second kappa shape index (κ2) is 7.39. The molecule has 2 atom stereocenters. The summed E-state index contributed by atoms with van der Waals surface area (Å²) < 4.78 is 1.94. The first-order chi connectivity index (χ1) is 15.2. The number of nitrogens with zero attached hydrogens (tertiary/aromatic N) is 3. The fourth-order valence-corrected chi connectivity index (χ4v) is 6.42. The van der Waals surface area contributed by atoms with Crippen LogP contribution < -0.4 is 10.5 Å². The van der Waals surface area contributed by atoms with Crippen LogP contribution in [0.5, 0.6) is 0 Å². The lowest BCUT2D eigenvalue weighted by Crippen LogP contribution is -2.50. The van der Waals surface area contributed by atoms with Crippen molar-refractivity contribution in [2.24, 2.45) is 5.92 Å². The molecule has 0 radical (unpaired) electrons. The summed E-state index contributed by atoms with van der Waals surface area (Å²) in [6.07, 6.45) is 1.10. The van der Waals surface area contributed by atoms with Gasteiger partial charge >= 0.3 is 0 Å². The lowest BCUT2D eigenvalue weighted by Gasteiger charge is -2.43. The number of anilines is 2. The molecule has 1 fully saturated rings. The molecule has 5 nitrogen and oxygen atoms in total. The first kappa shape index (κ1) is 18.9. The van der Waals surface area contributed by atoms with Crippen molar-refractivity contribution in [3.8, 4) is 0 Å². The van der Waals surface area contributed by atoms with E-state index in [1.807, 2.05) is 51.9 Å². The second-order valence-corrected chi connectivity index (χ2v) is 9.74. The Balaban J connectivity index is 1.29. The number of pyridine rings is 1. The summed E-state index contributed by atoms with van der Waals surface area (Å²) in [4.78, 5) is 32.3. The third kappa shape index (κ3) is 3.22. The molecule has 2 bridgehead atoms. The van der Waals surface area contributed by atoms with E-state index >= 15 is 0 Å². The summed E-state index contributed by atoms with van der Waals surface area (Å²) in [5, 5.41) is 0. The second-order valence-electron chi connectivity index (χ2n) is 8.66. The molecule has 3 aliphatic rings. The van der Waals surface area contributed by atoms with E-state index in [1.165, 1.54) is 0 Å². The number of benzene rings is 2. The van der Waals surface area contributed by atoms with Gasteiger partial charge in [-0.15, -0.1) is 0 Å². The van der Waals surface area contributed by atoms with Gasteiger partial charge in [0, 0.05) is 47.1 Å². The molecule has 2 aromatic carbocycles. The molecule has 0 spiro atoms. The van der Waals surface area contributed by atoms with E-state index < -0.39 is 0 Å². The lowest BCUT2D eigenvalue weighted by molar-refractivity contribution is -0.119. The van der Waals surface area contributed by atoms with Gasteiger partial charge in [0.25, 0.3) is 5.56 Å². The summed E-state index contributed by atoms with van der Waals surface area (Å²) in [7, 11) is 0. The molecule has 1 saturated heterocycles. The minimum atomic E-state index is 0.0933. The number of carbonyl (C=O) groups excluding carboxylic acids is 1. The van der Waals surface area contributed by atoms with Crippen LogP contribution in [0.4, 0.5) is 11.4 Å². The van der Waals surface area contributed by atoms with E-state index in [1.54, 1.807) is 17.8 Å². The Morgan fingerprint density at radius 1 is 0.871 bits per heavy atom. The number of hydrogen-bond acceptors (Lipinski definition) is 4. The van der Waals surface area contributed by atoms with Gasteiger partial charge in [0.15, 0.2) is 0 Å². The molecule has 0 saturated carbocycles. The molecular weight excluding hydrogens is 406 g/mol. The Bertz CT molecular complexity index is 1190. The zero-order valence-electron chi connectivity index (χ0n) is 17.1. The zero-order valence-corrected chi connectivity index (χ0v) is 17.9. The van der Waals surface area contributed by atoms with Gasteiger partial charge in [-0.1, -0.05) is 42.1 Å². The molecule has 0 aliphatic carbocycles.